The highest BCUT2D eigenvalue weighted by atomic mass is 16.3. The Kier molecular flexibility index (Phi) is 8.01. The minimum atomic E-state index is -0.392. The molecule has 1 aromatic heterocycles. The van der Waals surface area contributed by atoms with Gasteiger partial charge in [0.05, 0.1) is 11.1 Å². The van der Waals surface area contributed by atoms with E-state index >= 15 is 0 Å². The molecule has 3 rings (SSSR count). The molecule has 0 atom stereocenters. The number of likely N-dealkylation sites (N-methyl/N-ethyl adjacent to an activating group) is 1. The van der Waals surface area contributed by atoms with E-state index in [1.807, 2.05) is 20.9 Å². The van der Waals surface area contributed by atoms with E-state index in [4.69, 9.17) is 0 Å². The van der Waals surface area contributed by atoms with Crippen molar-refractivity contribution in [3.05, 3.63) is 58.8 Å². The second-order valence-electron chi connectivity index (χ2n) is 8.73. The van der Waals surface area contributed by atoms with Gasteiger partial charge in [0.25, 0.3) is 11.8 Å². The fourth-order valence-electron chi connectivity index (χ4n) is 3.62. The molecule has 3 aromatic rings. The number of ketones is 1. The number of aromatic nitrogens is 2. The predicted octanol–water partition coefficient (Wildman–Crippen LogP) is 2.72. The first-order valence-electron chi connectivity index (χ1n) is 11.2. The first-order valence-corrected chi connectivity index (χ1v) is 11.2. The lowest BCUT2D eigenvalue weighted by molar-refractivity contribution is 0.0781. The Morgan fingerprint density at radius 3 is 2.47 bits per heavy atom. The van der Waals surface area contributed by atoms with Gasteiger partial charge in [0.1, 0.15) is 11.4 Å². The van der Waals surface area contributed by atoms with Gasteiger partial charge in [-0.3, -0.25) is 19.5 Å². The van der Waals surface area contributed by atoms with Gasteiger partial charge in [-0.2, -0.15) is 5.10 Å². The standard InChI is InChI=1S/C25H31N5O4/c1-15(2)11-22(32)23-18-12-19(21(31)13-20(18)28-29-23)25(34)30(4)14-16-5-7-17(8-6-16)24(33)27-10-9-26-3/h5-8,12-13,15,26,31H,9-11,14H2,1-4H3,(H,27,33)(H,28,29). The highest BCUT2D eigenvalue weighted by Crippen LogP contribution is 2.28. The molecule has 4 N–H and O–H groups in total. The Hall–Kier alpha value is -3.72. The van der Waals surface area contributed by atoms with E-state index in [2.05, 4.69) is 20.8 Å². The van der Waals surface area contributed by atoms with Gasteiger partial charge in [-0.05, 0) is 36.7 Å². The van der Waals surface area contributed by atoms with Gasteiger partial charge >= 0.3 is 0 Å². The van der Waals surface area contributed by atoms with Crippen molar-refractivity contribution in [3.8, 4) is 5.75 Å². The SMILES string of the molecule is CNCCNC(=O)c1ccc(CN(C)C(=O)c2cc3c(C(=O)CC(C)C)n[nH]c3cc2O)cc1. The quantitative estimate of drug-likeness (QED) is 0.269. The van der Waals surface area contributed by atoms with Crippen LogP contribution in [-0.4, -0.2) is 65.0 Å². The minimum absolute atomic E-state index is 0.0931. The molecular weight excluding hydrogens is 434 g/mol. The van der Waals surface area contributed by atoms with Gasteiger partial charge in [0.15, 0.2) is 5.78 Å². The number of hydrogen-bond donors (Lipinski definition) is 4. The number of rotatable bonds is 10. The Morgan fingerprint density at radius 2 is 1.82 bits per heavy atom. The van der Waals surface area contributed by atoms with Crippen LogP contribution in [0.1, 0.15) is 57.0 Å². The summed E-state index contributed by atoms with van der Waals surface area (Å²) in [4.78, 5) is 39.3. The van der Waals surface area contributed by atoms with E-state index in [-0.39, 0.29) is 41.2 Å². The highest BCUT2D eigenvalue weighted by Gasteiger charge is 2.22. The normalized spacial score (nSPS) is 11.1. The summed E-state index contributed by atoms with van der Waals surface area (Å²) in [7, 11) is 3.45. The number of fused-ring (bicyclic) bond motifs is 1. The highest BCUT2D eigenvalue weighted by molar-refractivity contribution is 6.09. The summed E-state index contributed by atoms with van der Waals surface area (Å²) in [6, 6.07) is 9.93. The molecule has 180 valence electrons. The van der Waals surface area contributed by atoms with E-state index in [9.17, 15) is 19.5 Å². The first kappa shape index (κ1) is 24.9. The number of Topliss-reactive ketones (excluding diaryl/α,β-unsaturated/α-hetero) is 1. The lowest BCUT2D eigenvalue weighted by atomic mass is 10.0. The molecule has 2 amide bonds. The molecular formula is C25H31N5O4. The Morgan fingerprint density at radius 1 is 1.12 bits per heavy atom. The number of phenolic OH excluding ortho intramolecular Hbond substituents is 1. The summed E-state index contributed by atoms with van der Waals surface area (Å²) in [5, 5.41) is 23.6. The lowest BCUT2D eigenvalue weighted by Gasteiger charge is -2.18. The fourth-order valence-corrected chi connectivity index (χ4v) is 3.62. The summed E-state index contributed by atoms with van der Waals surface area (Å²) in [6.07, 6.45) is 0.341. The van der Waals surface area contributed by atoms with E-state index < -0.39 is 5.91 Å². The number of carbonyl (C=O) groups is 3. The summed E-state index contributed by atoms with van der Waals surface area (Å²) in [5.74, 6) is -0.684. The van der Waals surface area contributed by atoms with Crippen molar-refractivity contribution in [2.45, 2.75) is 26.8 Å². The molecule has 0 aliphatic carbocycles. The molecule has 0 aliphatic heterocycles. The van der Waals surface area contributed by atoms with Gasteiger partial charge < -0.3 is 20.6 Å². The summed E-state index contributed by atoms with van der Waals surface area (Å²) >= 11 is 0. The van der Waals surface area contributed by atoms with Crippen LogP contribution in [-0.2, 0) is 6.54 Å². The molecule has 9 nitrogen and oxygen atoms in total. The topological polar surface area (TPSA) is 127 Å². The molecule has 0 spiro atoms. The molecule has 34 heavy (non-hydrogen) atoms. The van der Waals surface area contributed by atoms with Crippen LogP contribution in [0.2, 0.25) is 0 Å². The molecule has 0 unspecified atom stereocenters. The molecule has 0 saturated heterocycles. The zero-order valence-electron chi connectivity index (χ0n) is 19.9. The van der Waals surface area contributed by atoms with Crippen LogP contribution in [0, 0.1) is 5.92 Å². The van der Waals surface area contributed by atoms with Crippen LogP contribution in [0.25, 0.3) is 10.9 Å². The van der Waals surface area contributed by atoms with Crippen molar-refractivity contribution in [2.75, 3.05) is 27.2 Å². The zero-order chi connectivity index (χ0) is 24.8. The van der Waals surface area contributed by atoms with Crippen LogP contribution in [0.5, 0.6) is 5.75 Å². The predicted molar refractivity (Wildman–Crippen MR) is 130 cm³/mol. The third-order valence-corrected chi connectivity index (χ3v) is 5.41. The fraction of sp³-hybridized carbons (Fsp3) is 0.360. The largest absolute Gasteiger partial charge is 0.507 e. The first-order chi connectivity index (χ1) is 16.2. The molecule has 1 heterocycles. The van der Waals surface area contributed by atoms with Crippen molar-refractivity contribution in [1.29, 1.82) is 0 Å². The number of aromatic amines is 1. The average molecular weight is 466 g/mol. The van der Waals surface area contributed by atoms with E-state index in [1.165, 1.54) is 17.0 Å². The monoisotopic (exact) mass is 465 g/mol. The van der Waals surface area contributed by atoms with Gasteiger partial charge in [-0.25, -0.2) is 0 Å². The molecule has 0 saturated carbocycles. The second-order valence-corrected chi connectivity index (χ2v) is 8.73. The van der Waals surface area contributed by atoms with Gasteiger partial charge in [-0.1, -0.05) is 26.0 Å². The second kappa shape index (κ2) is 10.9. The number of nitrogens with one attached hydrogen (secondary N) is 3. The maximum absolute atomic E-state index is 13.1. The molecule has 0 fully saturated rings. The maximum atomic E-state index is 13.1. The van der Waals surface area contributed by atoms with Crippen LogP contribution >= 0.6 is 0 Å². The van der Waals surface area contributed by atoms with E-state index in [0.29, 0.717) is 36.0 Å². The molecule has 2 aromatic carbocycles. The van der Waals surface area contributed by atoms with Gasteiger partial charge in [-0.15, -0.1) is 0 Å². The number of H-pyrrole nitrogens is 1. The molecule has 0 aliphatic rings. The number of nitrogens with zero attached hydrogens (tertiary/aromatic N) is 2. The molecule has 9 heteroatoms. The smallest absolute Gasteiger partial charge is 0.257 e. The number of benzene rings is 2. The number of aromatic hydroxyl groups is 1. The van der Waals surface area contributed by atoms with Crippen LogP contribution in [0.15, 0.2) is 36.4 Å². The zero-order valence-corrected chi connectivity index (χ0v) is 19.9. The van der Waals surface area contributed by atoms with Crippen LogP contribution in [0.4, 0.5) is 0 Å². The van der Waals surface area contributed by atoms with Crippen LogP contribution < -0.4 is 10.6 Å². The Bertz CT molecular complexity index is 1180. The van der Waals surface area contributed by atoms with Gasteiger partial charge in [0, 0.05) is 50.1 Å². The van der Waals surface area contributed by atoms with Crippen molar-refractivity contribution in [2.24, 2.45) is 5.92 Å². The number of hydrogen-bond acceptors (Lipinski definition) is 6. The molecule has 0 radical (unpaired) electrons. The summed E-state index contributed by atoms with van der Waals surface area (Å²) in [6.45, 7) is 5.39. The Balaban J connectivity index is 1.75. The summed E-state index contributed by atoms with van der Waals surface area (Å²) < 4.78 is 0. The van der Waals surface area contributed by atoms with E-state index in [0.717, 1.165) is 5.56 Å². The van der Waals surface area contributed by atoms with Crippen LogP contribution in [0.3, 0.4) is 0 Å². The molecule has 0 bridgehead atoms. The lowest BCUT2D eigenvalue weighted by Crippen LogP contribution is -2.30. The van der Waals surface area contributed by atoms with Gasteiger partial charge in [0.2, 0.25) is 0 Å². The Labute approximate surface area is 198 Å². The van der Waals surface area contributed by atoms with E-state index in [1.54, 1.807) is 31.3 Å². The minimum Gasteiger partial charge on any atom is -0.507 e. The van der Waals surface area contributed by atoms with Crippen molar-refractivity contribution in [1.82, 2.24) is 25.7 Å². The third-order valence-electron chi connectivity index (χ3n) is 5.41. The maximum Gasteiger partial charge on any atom is 0.257 e. The third kappa shape index (κ3) is 5.79. The average Bonchev–Trinajstić information content (AvgIpc) is 3.21. The number of phenols is 1. The van der Waals surface area contributed by atoms with Crippen molar-refractivity contribution in [3.63, 3.8) is 0 Å². The summed E-state index contributed by atoms with van der Waals surface area (Å²) in [5.41, 5.74) is 2.22. The number of carbonyl (C=O) groups excluding carboxylic acids is 3. The van der Waals surface area contributed by atoms with Crippen molar-refractivity contribution < 1.29 is 19.5 Å². The number of amides is 2. The van der Waals surface area contributed by atoms with Crippen molar-refractivity contribution >= 4 is 28.5 Å².